The Morgan fingerprint density at radius 2 is 1.82 bits per heavy atom. The van der Waals surface area contributed by atoms with E-state index in [1.165, 1.54) is 16.5 Å². The quantitative estimate of drug-likeness (QED) is 0.157. The Hall–Kier alpha value is -2.46. The maximum atomic E-state index is 13.2. The van der Waals surface area contributed by atoms with Crippen molar-refractivity contribution in [2.75, 3.05) is 4.90 Å². The maximum Gasteiger partial charge on any atom is 0.270 e. The van der Waals surface area contributed by atoms with Gasteiger partial charge in [0, 0.05) is 0 Å². The first-order valence-corrected chi connectivity index (χ1v) is 12.3. The van der Waals surface area contributed by atoms with Gasteiger partial charge in [0.15, 0.2) is 5.11 Å². The first-order chi connectivity index (χ1) is 16.2. The van der Waals surface area contributed by atoms with Crippen LogP contribution >= 0.6 is 58.0 Å². The minimum atomic E-state index is -0.590. The van der Waals surface area contributed by atoms with E-state index < -0.39 is 11.8 Å². The molecule has 1 saturated heterocycles. The molecule has 172 valence electrons. The molecule has 1 heterocycles. The number of carbonyl (C=O) groups is 2. The summed E-state index contributed by atoms with van der Waals surface area (Å²) in [5.41, 5.74) is 3.13. The van der Waals surface area contributed by atoms with Crippen molar-refractivity contribution < 1.29 is 14.3 Å². The first kappa shape index (κ1) is 24.7. The highest BCUT2D eigenvalue weighted by molar-refractivity contribution is 14.1. The van der Waals surface area contributed by atoms with Crippen LogP contribution in [0.5, 0.6) is 5.75 Å². The van der Waals surface area contributed by atoms with E-state index in [2.05, 4.69) is 27.9 Å². The van der Waals surface area contributed by atoms with Gasteiger partial charge < -0.3 is 4.74 Å². The second kappa shape index (κ2) is 10.4. The number of carbonyl (C=O) groups excluding carboxylic acids is 2. The SMILES string of the molecule is Cc1ccc(COc2ccc(/C=C3\C(=O)NC(=S)N(c4cccc(Cl)c4Cl)C3=O)cc2I)cc1. The van der Waals surface area contributed by atoms with Gasteiger partial charge in [0.1, 0.15) is 17.9 Å². The van der Waals surface area contributed by atoms with E-state index in [0.717, 1.165) is 9.13 Å². The third-order valence-electron chi connectivity index (χ3n) is 5.06. The predicted octanol–water partition coefficient (Wildman–Crippen LogP) is 6.32. The second-order valence-corrected chi connectivity index (χ2v) is 9.83. The lowest BCUT2D eigenvalue weighted by molar-refractivity contribution is -0.122. The van der Waals surface area contributed by atoms with Gasteiger partial charge >= 0.3 is 0 Å². The van der Waals surface area contributed by atoms with Crippen LogP contribution in [0.2, 0.25) is 10.0 Å². The van der Waals surface area contributed by atoms with Crippen LogP contribution in [0, 0.1) is 10.5 Å². The van der Waals surface area contributed by atoms with Crippen molar-refractivity contribution in [1.82, 2.24) is 5.32 Å². The second-order valence-electron chi connectivity index (χ2n) is 7.49. The van der Waals surface area contributed by atoms with Crippen molar-refractivity contribution in [2.24, 2.45) is 0 Å². The molecule has 0 atom stereocenters. The zero-order valence-corrected chi connectivity index (χ0v) is 22.3. The van der Waals surface area contributed by atoms with Gasteiger partial charge in [-0.05, 0) is 83.2 Å². The van der Waals surface area contributed by atoms with Crippen LogP contribution in [0.3, 0.4) is 0 Å². The van der Waals surface area contributed by atoms with Crippen molar-refractivity contribution in [3.63, 3.8) is 0 Å². The fraction of sp³-hybridized carbons (Fsp3) is 0.0800. The summed E-state index contributed by atoms with van der Waals surface area (Å²) >= 11 is 19.8. The molecule has 5 nitrogen and oxygen atoms in total. The zero-order chi connectivity index (χ0) is 24.4. The Kier molecular flexibility index (Phi) is 7.57. The lowest BCUT2D eigenvalue weighted by Gasteiger charge is -2.29. The Morgan fingerprint density at radius 1 is 1.09 bits per heavy atom. The number of halogens is 3. The number of nitrogens with zero attached hydrogens (tertiary/aromatic N) is 1. The summed E-state index contributed by atoms with van der Waals surface area (Å²) in [5.74, 6) is -0.469. The molecule has 34 heavy (non-hydrogen) atoms. The number of amides is 2. The van der Waals surface area contributed by atoms with Gasteiger partial charge in [-0.15, -0.1) is 0 Å². The molecule has 0 spiro atoms. The van der Waals surface area contributed by atoms with Gasteiger partial charge in [-0.25, -0.2) is 0 Å². The molecule has 3 aromatic carbocycles. The van der Waals surface area contributed by atoms with E-state index >= 15 is 0 Å². The lowest BCUT2D eigenvalue weighted by Crippen LogP contribution is -2.54. The first-order valence-electron chi connectivity index (χ1n) is 10.1. The number of thiocarbonyl (C=S) groups is 1. The molecule has 9 heteroatoms. The summed E-state index contributed by atoms with van der Waals surface area (Å²) in [6, 6.07) is 18.4. The third-order valence-corrected chi connectivity index (χ3v) is 6.99. The average molecular weight is 623 g/mol. The molecule has 0 aliphatic carbocycles. The van der Waals surface area contributed by atoms with E-state index in [4.69, 9.17) is 40.2 Å². The number of ether oxygens (including phenoxy) is 1. The van der Waals surface area contributed by atoms with E-state index in [-0.39, 0.29) is 20.7 Å². The van der Waals surface area contributed by atoms with Gasteiger partial charge in [0.05, 0.1) is 19.3 Å². The summed E-state index contributed by atoms with van der Waals surface area (Å²) in [5, 5.41) is 2.92. The smallest absolute Gasteiger partial charge is 0.270 e. The molecule has 1 aliphatic rings. The number of hydrogen-bond acceptors (Lipinski definition) is 4. The normalized spacial score (nSPS) is 15.0. The van der Waals surface area contributed by atoms with Crippen molar-refractivity contribution in [2.45, 2.75) is 13.5 Å². The van der Waals surface area contributed by atoms with Crippen molar-refractivity contribution in [1.29, 1.82) is 0 Å². The monoisotopic (exact) mass is 622 g/mol. The summed E-state index contributed by atoms with van der Waals surface area (Å²) in [6.07, 6.45) is 1.51. The van der Waals surface area contributed by atoms with E-state index in [1.807, 2.05) is 43.3 Å². The van der Waals surface area contributed by atoms with Gasteiger partial charge in [-0.1, -0.05) is 65.2 Å². The molecular formula is C25H17Cl2IN2O3S. The summed E-state index contributed by atoms with van der Waals surface area (Å²) in [7, 11) is 0. The fourth-order valence-corrected chi connectivity index (χ4v) is 4.63. The third kappa shape index (κ3) is 5.27. The Bertz CT molecular complexity index is 1340. The summed E-state index contributed by atoms with van der Waals surface area (Å²) in [4.78, 5) is 27.0. The molecule has 0 radical (unpaired) electrons. The molecule has 1 aliphatic heterocycles. The van der Waals surface area contributed by atoms with Crippen LogP contribution < -0.4 is 15.0 Å². The number of hydrogen-bond donors (Lipinski definition) is 1. The molecular weight excluding hydrogens is 606 g/mol. The topological polar surface area (TPSA) is 58.6 Å². The molecule has 3 aromatic rings. The summed E-state index contributed by atoms with van der Waals surface area (Å²) in [6.45, 7) is 2.47. The number of aryl methyl sites for hydroxylation is 1. The zero-order valence-electron chi connectivity index (χ0n) is 17.8. The standard InChI is InChI=1S/C25H17Cl2IN2O3S/c1-14-5-7-15(8-6-14)13-33-21-10-9-16(12-19(21)28)11-17-23(31)29-25(34)30(24(17)32)20-4-2-3-18(26)22(20)27/h2-12H,13H2,1H3,(H,29,31,34)/b17-11+. The Labute approximate surface area is 225 Å². The number of rotatable bonds is 5. The number of benzene rings is 3. The molecule has 0 aromatic heterocycles. The van der Waals surface area contributed by atoms with Crippen LogP contribution in [0.25, 0.3) is 6.08 Å². The van der Waals surface area contributed by atoms with Crippen molar-refractivity contribution in [3.05, 3.63) is 96.5 Å². The van der Waals surface area contributed by atoms with Crippen LogP contribution in [0.4, 0.5) is 5.69 Å². The van der Waals surface area contributed by atoms with Crippen LogP contribution in [-0.4, -0.2) is 16.9 Å². The molecule has 0 unspecified atom stereocenters. The average Bonchev–Trinajstić information content (AvgIpc) is 2.80. The lowest BCUT2D eigenvalue weighted by atomic mass is 10.1. The van der Waals surface area contributed by atoms with Gasteiger partial charge in [0.25, 0.3) is 11.8 Å². The molecule has 4 rings (SSSR count). The van der Waals surface area contributed by atoms with Gasteiger partial charge in [-0.3, -0.25) is 19.8 Å². The van der Waals surface area contributed by atoms with E-state index in [1.54, 1.807) is 24.3 Å². The maximum absolute atomic E-state index is 13.2. The van der Waals surface area contributed by atoms with E-state index in [0.29, 0.717) is 23.6 Å². The summed E-state index contributed by atoms with van der Waals surface area (Å²) < 4.78 is 6.78. The van der Waals surface area contributed by atoms with Crippen LogP contribution in [0.1, 0.15) is 16.7 Å². The highest BCUT2D eigenvalue weighted by Gasteiger charge is 2.35. The molecule has 1 N–H and O–H groups in total. The van der Waals surface area contributed by atoms with Gasteiger partial charge in [0.2, 0.25) is 0 Å². The largest absolute Gasteiger partial charge is 0.488 e. The highest BCUT2D eigenvalue weighted by Crippen LogP contribution is 2.34. The predicted molar refractivity (Wildman–Crippen MR) is 147 cm³/mol. The molecule has 0 saturated carbocycles. The van der Waals surface area contributed by atoms with Gasteiger partial charge in [-0.2, -0.15) is 0 Å². The molecule has 0 bridgehead atoms. The van der Waals surface area contributed by atoms with Crippen LogP contribution in [0.15, 0.2) is 66.2 Å². The highest BCUT2D eigenvalue weighted by atomic mass is 127. The number of anilines is 1. The minimum Gasteiger partial charge on any atom is -0.488 e. The molecule has 2 amide bonds. The minimum absolute atomic E-state index is 0.0641. The fourth-order valence-electron chi connectivity index (χ4n) is 3.28. The number of nitrogens with one attached hydrogen (secondary N) is 1. The van der Waals surface area contributed by atoms with Crippen LogP contribution in [-0.2, 0) is 16.2 Å². The van der Waals surface area contributed by atoms with Crippen molar-refractivity contribution in [3.8, 4) is 5.75 Å². The van der Waals surface area contributed by atoms with E-state index in [9.17, 15) is 9.59 Å². The Balaban J connectivity index is 1.58. The van der Waals surface area contributed by atoms with Crippen molar-refractivity contribution >= 4 is 86.7 Å². The Morgan fingerprint density at radius 3 is 2.53 bits per heavy atom. The molecule has 1 fully saturated rings.